The summed E-state index contributed by atoms with van der Waals surface area (Å²) < 4.78 is 15.3. The number of hydrogen-bond donors (Lipinski definition) is 3. The van der Waals surface area contributed by atoms with Gasteiger partial charge in [-0.05, 0) is 62.4 Å². The van der Waals surface area contributed by atoms with Gasteiger partial charge in [0.2, 0.25) is 5.91 Å². The average molecular weight is 484 g/mol. The van der Waals surface area contributed by atoms with Crippen molar-refractivity contribution in [1.82, 2.24) is 24.6 Å². The number of fused-ring (bicyclic) bond motifs is 2. The second kappa shape index (κ2) is 8.75. The lowest BCUT2D eigenvalue weighted by Gasteiger charge is -2.26. The van der Waals surface area contributed by atoms with Crippen LogP contribution < -0.4 is 11.1 Å². The minimum atomic E-state index is -0.370. The van der Waals surface area contributed by atoms with Crippen LogP contribution in [0, 0.1) is 18.7 Å². The summed E-state index contributed by atoms with van der Waals surface area (Å²) in [5.74, 6) is 0.750. The number of nitrogen functional groups attached to an aromatic ring is 1. The fourth-order valence-electron chi connectivity index (χ4n) is 5.29. The number of aromatic nitrogens is 5. The number of aryl methyl sites for hydroxylation is 1. The number of H-pyrrole nitrogens is 1. The van der Waals surface area contributed by atoms with E-state index in [0.717, 1.165) is 46.5 Å². The molecule has 0 atom stereocenters. The zero-order valence-electron chi connectivity index (χ0n) is 19.8. The molecule has 0 unspecified atom stereocenters. The van der Waals surface area contributed by atoms with Crippen molar-refractivity contribution in [2.75, 3.05) is 11.1 Å². The molecule has 1 aliphatic rings. The molecular formula is C27H26FN7O. The number of nitrogens with two attached hydrogens (primary N) is 1. The fourth-order valence-corrected chi connectivity index (χ4v) is 5.29. The van der Waals surface area contributed by atoms with Gasteiger partial charge in [0.05, 0.1) is 5.69 Å². The standard InChI is InChI=1S/C27H26FN7O/c1-15-4-2-5-18-12-21(33-22(15)18)23-24-25(29)30-14-31-35(24)26(34-23)16-8-10-17(11-9-16)27(36)32-20-7-3-6-19(28)13-20/h2-7,12-14,16-17,33H,8-11H2,1H3,(H,32,36)(H2,29,30,31)/t16-,17-. The van der Waals surface area contributed by atoms with Crippen molar-refractivity contribution in [3.63, 3.8) is 0 Å². The van der Waals surface area contributed by atoms with Crippen molar-refractivity contribution in [1.29, 1.82) is 0 Å². The van der Waals surface area contributed by atoms with E-state index in [2.05, 4.69) is 45.5 Å². The van der Waals surface area contributed by atoms with Gasteiger partial charge < -0.3 is 16.0 Å². The molecule has 8 nitrogen and oxygen atoms in total. The van der Waals surface area contributed by atoms with Gasteiger partial charge in [-0.2, -0.15) is 5.10 Å². The first-order valence-electron chi connectivity index (χ1n) is 12.1. The third-order valence-corrected chi connectivity index (χ3v) is 7.16. The number of carbonyl (C=O) groups is 1. The number of benzene rings is 2. The second-order valence-electron chi connectivity index (χ2n) is 9.49. The maximum atomic E-state index is 13.5. The minimum Gasteiger partial charge on any atom is -0.382 e. The van der Waals surface area contributed by atoms with E-state index in [1.165, 1.54) is 18.5 Å². The largest absolute Gasteiger partial charge is 0.382 e. The molecule has 5 aromatic rings. The van der Waals surface area contributed by atoms with Crippen LogP contribution in [0.1, 0.15) is 43.0 Å². The van der Waals surface area contributed by atoms with Gasteiger partial charge in [-0.15, -0.1) is 0 Å². The Hall–Kier alpha value is -4.27. The molecule has 2 aromatic carbocycles. The molecule has 0 radical (unpaired) electrons. The Morgan fingerprint density at radius 3 is 2.72 bits per heavy atom. The van der Waals surface area contributed by atoms with Crippen molar-refractivity contribution in [3.8, 4) is 11.4 Å². The van der Waals surface area contributed by atoms with Crippen molar-refractivity contribution in [2.24, 2.45) is 5.92 Å². The Labute approximate surface area is 206 Å². The minimum absolute atomic E-state index is 0.0762. The molecule has 4 N–H and O–H groups in total. The van der Waals surface area contributed by atoms with Gasteiger partial charge >= 0.3 is 0 Å². The number of amides is 1. The number of carbonyl (C=O) groups excluding carboxylic acids is 1. The number of nitrogens with zero attached hydrogens (tertiary/aromatic N) is 4. The van der Waals surface area contributed by atoms with Gasteiger partial charge in [0, 0.05) is 28.4 Å². The van der Waals surface area contributed by atoms with Crippen molar-refractivity contribution < 1.29 is 9.18 Å². The first-order chi connectivity index (χ1) is 17.5. The Balaban J connectivity index is 1.28. The van der Waals surface area contributed by atoms with E-state index < -0.39 is 0 Å². The predicted molar refractivity (Wildman–Crippen MR) is 137 cm³/mol. The number of aromatic amines is 1. The average Bonchev–Trinajstić information content (AvgIpc) is 3.48. The molecule has 0 spiro atoms. The zero-order valence-corrected chi connectivity index (χ0v) is 19.8. The van der Waals surface area contributed by atoms with Crippen LogP contribution >= 0.6 is 0 Å². The highest BCUT2D eigenvalue weighted by Gasteiger charge is 2.31. The Bertz CT molecular complexity index is 1600. The van der Waals surface area contributed by atoms with Crippen LogP contribution in [0.25, 0.3) is 27.8 Å². The molecule has 3 heterocycles. The first-order valence-corrected chi connectivity index (χ1v) is 12.1. The van der Waals surface area contributed by atoms with Crippen molar-refractivity contribution >= 4 is 33.8 Å². The number of para-hydroxylation sites is 1. The molecule has 1 amide bonds. The van der Waals surface area contributed by atoms with Gasteiger partial charge in [-0.25, -0.2) is 18.9 Å². The number of imidazole rings is 1. The van der Waals surface area contributed by atoms with E-state index in [9.17, 15) is 9.18 Å². The van der Waals surface area contributed by atoms with Crippen LogP contribution in [-0.2, 0) is 4.79 Å². The van der Waals surface area contributed by atoms with Gasteiger partial charge in [0.1, 0.15) is 29.2 Å². The SMILES string of the molecule is Cc1cccc2cc(-c3nc([C@H]4CC[C@H](C(=O)Nc5cccc(F)c5)CC4)n4ncnc(N)c34)[nH]c12. The van der Waals surface area contributed by atoms with E-state index >= 15 is 0 Å². The molecule has 6 rings (SSSR count). The Morgan fingerprint density at radius 2 is 1.94 bits per heavy atom. The molecule has 3 aromatic heterocycles. The highest BCUT2D eigenvalue weighted by Crippen LogP contribution is 2.39. The quantitative estimate of drug-likeness (QED) is 0.324. The third kappa shape index (κ3) is 3.86. The molecule has 0 bridgehead atoms. The highest BCUT2D eigenvalue weighted by atomic mass is 19.1. The number of nitrogens with one attached hydrogen (secondary N) is 2. The van der Waals surface area contributed by atoms with Gasteiger partial charge in [0.15, 0.2) is 5.82 Å². The lowest BCUT2D eigenvalue weighted by Crippen LogP contribution is -2.27. The number of hydrogen-bond acceptors (Lipinski definition) is 5. The Morgan fingerprint density at radius 1 is 1.14 bits per heavy atom. The summed E-state index contributed by atoms with van der Waals surface area (Å²) in [6, 6.07) is 14.2. The fraction of sp³-hybridized carbons (Fsp3) is 0.259. The third-order valence-electron chi connectivity index (χ3n) is 7.16. The summed E-state index contributed by atoms with van der Waals surface area (Å²) in [5, 5.41) is 8.44. The van der Waals surface area contributed by atoms with Gasteiger partial charge in [-0.3, -0.25) is 4.79 Å². The normalized spacial score (nSPS) is 18.1. The van der Waals surface area contributed by atoms with Gasteiger partial charge in [-0.1, -0.05) is 24.3 Å². The second-order valence-corrected chi connectivity index (χ2v) is 9.49. The summed E-state index contributed by atoms with van der Waals surface area (Å²) in [5.41, 5.74) is 11.3. The summed E-state index contributed by atoms with van der Waals surface area (Å²) in [6.45, 7) is 2.07. The molecule has 0 saturated heterocycles. The molecule has 1 fully saturated rings. The summed E-state index contributed by atoms with van der Waals surface area (Å²) in [6.07, 6.45) is 4.44. The maximum absolute atomic E-state index is 13.5. The van der Waals surface area contributed by atoms with Crippen molar-refractivity contribution in [2.45, 2.75) is 38.5 Å². The van der Waals surface area contributed by atoms with E-state index in [-0.39, 0.29) is 23.6 Å². The topological polar surface area (TPSA) is 114 Å². The lowest BCUT2D eigenvalue weighted by molar-refractivity contribution is -0.120. The Kier molecular flexibility index (Phi) is 5.40. The highest BCUT2D eigenvalue weighted by molar-refractivity contribution is 5.93. The monoisotopic (exact) mass is 483 g/mol. The van der Waals surface area contributed by atoms with E-state index in [1.54, 1.807) is 16.6 Å². The summed E-state index contributed by atoms with van der Waals surface area (Å²) in [7, 11) is 0. The van der Waals surface area contributed by atoms with Crippen LogP contribution in [0.15, 0.2) is 54.9 Å². The lowest BCUT2D eigenvalue weighted by atomic mass is 9.81. The molecule has 1 saturated carbocycles. The maximum Gasteiger partial charge on any atom is 0.227 e. The molecular weight excluding hydrogens is 457 g/mol. The zero-order chi connectivity index (χ0) is 24.8. The summed E-state index contributed by atoms with van der Waals surface area (Å²) >= 11 is 0. The van der Waals surface area contributed by atoms with E-state index in [0.29, 0.717) is 29.9 Å². The molecule has 9 heteroatoms. The summed E-state index contributed by atoms with van der Waals surface area (Å²) in [4.78, 5) is 25.5. The number of anilines is 2. The molecule has 36 heavy (non-hydrogen) atoms. The predicted octanol–water partition coefficient (Wildman–Crippen LogP) is 5.21. The molecule has 1 aliphatic carbocycles. The van der Waals surface area contributed by atoms with Crippen LogP contribution in [0.5, 0.6) is 0 Å². The van der Waals surface area contributed by atoms with Crippen molar-refractivity contribution in [3.05, 3.63) is 72.1 Å². The van der Waals surface area contributed by atoms with Crippen LogP contribution in [0.3, 0.4) is 0 Å². The van der Waals surface area contributed by atoms with Crippen LogP contribution in [0.4, 0.5) is 15.9 Å². The molecule has 0 aliphatic heterocycles. The van der Waals surface area contributed by atoms with Crippen LogP contribution in [0.2, 0.25) is 0 Å². The van der Waals surface area contributed by atoms with Crippen LogP contribution in [-0.4, -0.2) is 30.5 Å². The number of halogens is 1. The number of rotatable bonds is 4. The first kappa shape index (κ1) is 22.2. The van der Waals surface area contributed by atoms with Gasteiger partial charge in [0.25, 0.3) is 0 Å². The smallest absolute Gasteiger partial charge is 0.227 e. The van der Waals surface area contributed by atoms with E-state index in [1.807, 2.05) is 6.07 Å². The van der Waals surface area contributed by atoms with E-state index in [4.69, 9.17) is 10.7 Å². The molecule has 182 valence electrons.